The Morgan fingerprint density at radius 1 is 0.442 bits per heavy atom. The first-order valence-electron chi connectivity index (χ1n) is 26.0. The summed E-state index contributed by atoms with van der Waals surface area (Å²) in [5, 5.41) is 47.6. The van der Waals surface area contributed by atoms with Crippen LogP contribution in [0.4, 0.5) is 0 Å². The second-order valence-electron chi connectivity index (χ2n) is 19.3. The fourth-order valence-electron chi connectivity index (χ4n) is 7.68. The lowest BCUT2D eigenvalue weighted by Crippen LogP contribution is -2.42. The highest BCUT2D eigenvalue weighted by Gasteiger charge is 2.44. The van der Waals surface area contributed by atoms with Crippen molar-refractivity contribution in [2.75, 3.05) is 144 Å². The van der Waals surface area contributed by atoms with Gasteiger partial charge in [-0.2, -0.15) is 0 Å². The summed E-state index contributed by atoms with van der Waals surface area (Å²) in [6, 6.07) is 1.40. The van der Waals surface area contributed by atoms with Crippen LogP contribution >= 0.6 is 24.0 Å². The van der Waals surface area contributed by atoms with Crippen molar-refractivity contribution in [3.8, 4) is 0 Å². The quantitative estimate of drug-likeness (QED) is 0.0145. The zero-order valence-electron chi connectivity index (χ0n) is 50.9. The standard InChI is InChI=1S/2C24H49NO9Si.3CH4O.HI/c2*1-9-24(4,22(28)34-16-15-29-5)19-23(2,3)21(27)33-14-13-25-18-20(26)12-10-11-17-35(30-6,31-7)32-8;3*1-2;/h2*20,25-26H,9-19H2,1-8H3;3*2H,1H3;1H. The Bertz CT molecular complexity index is 1300. The minimum atomic E-state index is -2.56. The molecule has 0 radical (unpaired) electrons. The molecule has 4 atom stereocenters. The number of carbonyl (C=O) groups excluding carboxylic acids is 4. The van der Waals surface area contributed by atoms with Crippen LogP contribution in [0.1, 0.15) is 120 Å². The maximum Gasteiger partial charge on any atom is 0.500 e. The van der Waals surface area contributed by atoms with Crippen LogP contribution in [0, 0.1) is 21.7 Å². The van der Waals surface area contributed by atoms with E-state index in [2.05, 4.69) is 10.6 Å². The smallest absolute Gasteiger partial charge is 0.464 e. The Hall–Kier alpha value is -1.56. The molecule has 0 aromatic rings. The van der Waals surface area contributed by atoms with Crippen molar-refractivity contribution in [1.29, 1.82) is 0 Å². The molecular formula is C51H111IN2O21Si2. The first-order valence-corrected chi connectivity index (χ1v) is 29.9. The first kappa shape index (κ1) is 86.7. The number of rotatable bonds is 42. The summed E-state index contributed by atoms with van der Waals surface area (Å²) in [6.07, 6.45) is 5.29. The average Bonchev–Trinajstić information content (AvgIpc) is 3.42. The fourth-order valence-corrected chi connectivity index (χ4v) is 11.3. The van der Waals surface area contributed by atoms with E-state index in [1.54, 1.807) is 84.6 Å². The number of unbranched alkanes of at least 4 members (excludes halogenated alkanes) is 2. The molecule has 0 heterocycles. The molecule has 466 valence electrons. The molecule has 77 heavy (non-hydrogen) atoms. The second-order valence-corrected chi connectivity index (χ2v) is 25.5. The van der Waals surface area contributed by atoms with Gasteiger partial charge in [-0.05, 0) is 92.9 Å². The summed E-state index contributed by atoms with van der Waals surface area (Å²) >= 11 is 0. The van der Waals surface area contributed by atoms with Crippen molar-refractivity contribution >= 4 is 65.5 Å². The molecule has 0 saturated carbocycles. The summed E-state index contributed by atoms with van der Waals surface area (Å²) < 4.78 is 63.7. The highest BCUT2D eigenvalue weighted by molar-refractivity contribution is 14.0. The molecule has 0 amide bonds. The van der Waals surface area contributed by atoms with Crippen LogP contribution in [-0.4, -0.2) is 223 Å². The normalized spacial score (nSPS) is 13.8. The number of aliphatic hydroxyl groups excluding tert-OH is 5. The van der Waals surface area contributed by atoms with Gasteiger partial charge in [-0.3, -0.25) is 19.2 Å². The number of methoxy groups -OCH3 is 2. The molecule has 0 rings (SSSR count). The van der Waals surface area contributed by atoms with E-state index < -0.39 is 51.5 Å². The minimum absolute atomic E-state index is 0. The predicted octanol–water partition coefficient (Wildman–Crippen LogP) is 4.54. The third-order valence-corrected chi connectivity index (χ3v) is 18.2. The highest BCUT2D eigenvalue weighted by Crippen LogP contribution is 2.39. The third-order valence-electron chi connectivity index (χ3n) is 12.5. The zero-order valence-corrected chi connectivity index (χ0v) is 55.2. The first-order chi connectivity index (χ1) is 35.9. The molecule has 23 nitrogen and oxygen atoms in total. The van der Waals surface area contributed by atoms with Crippen molar-refractivity contribution < 1.29 is 99.7 Å². The van der Waals surface area contributed by atoms with Gasteiger partial charge in [-0.1, -0.05) is 26.7 Å². The summed E-state index contributed by atoms with van der Waals surface area (Å²) in [7, 11) is 10.5. The number of esters is 4. The molecule has 0 bridgehead atoms. The molecule has 0 aliphatic rings. The summed E-state index contributed by atoms with van der Waals surface area (Å²) in [5.41, 5.74) is -3.29. The van der Waals surface area contributed by atoms with Gasteiger partial charge in [-0.15, -0.1) is 24.0 Å². The third kappa shape index (κ3) is 38.7. The molecule has 0 aliphatic heterocycles. The summed E-state index contributed by atoms with van der Waals surface area (Å²) in [5.74, 6) is -1.42. The topological polar surface area (TPSA) is 304 Å². The van der Waals surface area contributed by atoms with Crippen molar-refractivity contribution in [1.82, 2.24) is 10.6 Å². The maximum absolute atomic E-state index is 12.7. The molecule has 7 N–H and O–H groups in total. The lowest BCUT2D eigenvalue weighted by atomic mass is 9.72. The summed E-state index contributed by atoms with van der Waals surface area (Å²) in [6.45, 7) is 17.6. The van der Waals surface area contributed by atoms with E-state index in [9.17, 15) is 29.4 Å². The number of carbonyl (C=O) groups is 4. The Balaban J connectivity index is -0.000000294. The van der Waals surface area contributed by atoms with Crippen LogP contribution in [0.15, 0.2) is 0 Å². The minimum Gasteiger partial charge on any atom is -0.464 e. The fraction of sp³-hybridized carbons (Fsp3) is 0.922. The van der Waals surface area contributed by atoms with Gasteiger partial charge in [-0.25, -0.2) is 0 Å². The van der Waals surface area contributed by atoms with Gasteiger partial charge in [0.05, 0.1) is 47.1 Å². The van der Waals surface area contributed by atoms with E-state index in [1.165, 1.54) is 0 Å². The molecule has 0 fully saturated rings. The largest absolute Gasteiger partial charge is 0.500 e. The van der Waals surface area contributed by atoms with Crippen LogP contribution in [0.25, 0.3) is 0 Å². The molecule has 4 unspecified atom stereocenters. The number of hydrogen-bond donors (Lipinski definition) is 7. The Labute approximate surface area is 483 Å². The van der Waals surface area contributed by atoms with Gasteiger partial charge in [0.15, 0.2) is 0 Å². The van der Waals surface area contributed by atoms with Gasteiger partial charge in [0, 0.05) is 116 Å². The molecule has 0 spiro atoms. The number of halogens is 1. The van der Waals surface area contributed by atoms with Crippen molar-refractivity contribution in [3.63, 3.8) is 0 Å². The van der Waals surface area contributed by atoms with Crippen LogP contribution in [0.3, 0.4) is 0 Å². The molecule has 26 heteroatoms. The lowest BCUT2D eigenvalue weighted by molar-refractivity contribution is -0.165. The Morgan fingerprint density at radius 2 is 0.714 bits per heavy atom. The van der Waals surface area contributed by atoms with E-state index in [0.29, 0.717) is 90.0 Å². The maximum atomic E-state index is 12.7. The van der Waals surface area contributed by atoms with E-state index >= 15 is 0 Å². The van der Waals surface area contributed by atoms with E-state index in [0.717, 1.165) is 47.0 Å². The average molecular weight is 1270 g/mol. The van der Waals surface area contributed by atoms with Crippen LogP contribution in [-0.2, 0) is 74.2 Å². The summed E-state index contributed by atoms with van der Waals surface area (Å²) in [4.78, 5) is 50.4. The van der Waals surface area contributed by atoms with Crippen molar-refractivity contribution in [2.24, 2.45) is 21.7 Å². The molecule has 0 saturated heterocycles. The number of aliphatic hydroxyl groups is 5. The SMILES string of the molecule is CCC(C)(CC(C)(C)C(=O)OCCNCC(O)CCCC[Si](OC)(OC)OC)C(=O)OCCOC.CCC(C)(CC(C)(C)C(=O)OCCNCC(O)CCCC[Si](OC)(OC)OC)C(=O)OCCOC.CO.CO.CO.I. The molecule has 0 aromatic heterocycles. The highest BCUT2D eigenvalue weighted by atomic mass is 127. The van der Waals surface area contributed by atoms with Gasteiger partial charge < -0.3 is 91.1 Å². The Kier molecular flexibility index (Phi) is 57.8. The van der Waals surface area contributed by atoms with Crippen LogP contribution in [0.2, 0.25) is 12.1 Å². The van der Waals surface area contributed by atoms with E-state index in [1.807, 2.05) is 27.7 Å². The van der Waals surface area contributed by atoms with Crippen molar-refractivity contribution in [2.45, 2.75) is 144 Å². The second kappa shape index (κ2) is 51.3. The number of hydrogen-bond acceptors (Lipinski definition) is 23. The molecule has 0 aliphatic carbocycles. The zero-order chi connectivity index (χ0) is 59.9. The number of nitrogens with one attached hydrogen (secondary N) is 2. The van der Waals surface area contributed by atoms with Gasteiger partial charge in [0.1, 0.15) is 26.4 Å². The monoisotopic (exact) mass is 1270 g/mol. The number of ether oxygens (including phenoxy) is 6. The molecule has 0 aromatic carbocycles. The van der Waals surface area contributed by atoms with E-state index in [-0.39, 0.29) is 74.3 Å². The van der Waals surface area contributed by atoms with Gasteiger partial charge in [0.25, 0.3) is 0 Å². The van der Waals surface area contributed by atoms with Crippen LogP contribution in [0.5, 0.6) is 0 Å². The Morgan fingerprint density at radius 3 is 0.961 bits per heavy atom. The van der Waals surface area contributed by atoms with E-state index in [4.69, 9.17) is 70.3 Å². The molecular weight excluding hydrogens is 1160 g/mol. The predicted molar refractivity (Wildman–Crippen MR) is 310 cm³/mol. The van der Waals surface area contributed by atoms with Gasteiger partial charge >= 0.3 is 41.5 Å². The van der Waals surface area contributed by atoms with Crippen molar-refractivity contribution in [3.05, 3.63) is 0 Å². The van der Waals surface area contributed by atoms with Gasteiger partial charge in [0.2, 0.25) is 0 Å². The van der Waals surface area contributed by atoms with Crippen LogP contribution < -0.4 is 10.6 Å². The lowest BCUT2D eigenvalue weighted by Gasteiger charge is -2.33.